The molecule has 11 nitrogen and oxygen atoms in total. The molecule has 2 aromatic carbocycles. The van der Waals surface area contributed by atoms with Gasteiger partial charge in [0.05, 0.1) is 11.8 Å². The zero-order valence-corrected chi connectivity index (χ0v) is 19.3. The number of anilines is 3. The molecule has 3 heterocycles. The van der Waals surface area contributed by atoms with Gasteiger partial charge in [0.1, 0.15) is 0 Å². The van der Waals surface area contributed by atoms with Crippen LogP contribution in [0.15, 0.2) is 75.6 Å². The van der Waals surface area contributed by atoms with Gasteiger partial charge in [0.25, 0.3) is 0 Å². The quantitative estimate of drug-likeness (QED) is 0.243. The Morgan fingerprint density at radius 1 is 1.00 bits per heavy atom. The predicted octanol–water partition coefficient (Wildman–Crippen LogP) is 4.18. The largest absolute Gasteiger partial charge is 0.337 e. The number of hydrogen-bond donors (Lipinski definition) is 4. The molecular weight excluding hydrogens is 446 g/mol. The van der Waals surface area contributed by atoms with E-state index in [0.717, 1.165) is 22.4 Å². The highest BCUT2D eigenvalue weighted by Gasteiger charge is 2.28. The first-order chi connectivity index (χ1) is 17.0. The number of allylic oxidation sites excluding steroid dienone is 1. The lowest BCUT2D eigenvalue weighted by Crippen LogP contribution is -2.44. The third-order valence-electron chi connectivity index (χ3n) is 5.52. The van der Waals surface area contributed by atoms with E-state index < -0.39 is 0 Å². The van der Waals surface area contributed by atoms with Crippen molar-refractivity contribution in [3.05, 3.63) is 77.0 Å². The Morgan fingerprint density at radius 3 is 2.49 bits per heavy atom. The number of nitrogens with zero attached hydrogens (tertiary/aromatic N) is 5. The number of carbonyl (C=O) groups excluding carboxylic acids is 1. The standard InChI is InChI=1S/C24H23N9O2/c1-13-8-7-11-17(12-13)26-20-21(29-23-22(28-20)32-35-33-23)31-30-15(3)18-14(2)25-24(34)27-19(18)16-9-5-4-6-10-16/h4-12,19H,1-3H3,(H2,25,27,34)(H,26,28,32)(H,29,31,33)/b30-15-. The maximum absolute atomic E-state index is 12.2. The molecule has 1 aliphatic heterocycles. The first-order valence-electron chi connectivity index (χ1n) is 11.0. The Hall–Kier alpha value is -4.80. The monoisotopic (exact) mass is 469 g/mol. The molecule has 0 saturated carbocycles. The van der Waals surface area contributed by atoms with Crippen LogP contribution in [0.1, 0.15) is 31.0 Å². The average Bonchev–Trinajstić information content (AvgIpc) is 3.30. The molecule has 0 aliphatic carbocycles. The fourth-order valence-electron chi connectivity index (χ4n) is 3.93. The van der Waals surface area contributed by atoms with Crippen molar-refractivity contribution in [3.8, 4) is 0 Å². The minimum absolute atomic E-state index is 0.249. The Kier molecular flexibility index (Phi) is 5.80. The first-order valence-corrected chi connectivity index (χ1v) is 11.0. The molecule has 5 rings (SSSR count). The number of benzene rings is 2. The van der Waals surface area contributed by atoms with Gasteiger partial charge in [-0.25, -0.2) is 14.4 Å². The number of rotatable bonds is 6. The van der Waals surface area contributed by atoms with Crippen LogP contribution in [0.25, 0.3) is 11.3 Å². The third kappa shape index (κ3) is 4.64. The van der Waals surface area contributed by atoms with Crippen molar-refractivity contribution < 1.29 is 9.42 Å². The molecule has 2 aromatic heterocycles. The molecule has 0 spiro atoms. The molecule has 0 bridgehead atoms. The lowest BCUT2D eigenvalue weighted by Gasteiger charge is -2.29. The van der Waals surface area contributed by atoms with E-state index in [9.17, 15) is 4.79 Å². The molecule has 176 valence electrons. The molecule has 1 unspecified atom stereocenters. The second kappa shape index (κ2) is 9.21. The Labute approximate surface area is 200 Å². The van der Waals surface area contributed by atoms with Crippen LogP contribution in [0, 0.1) is 6.92 Å². The maximum Gasteiger partial charge on any atom is 0.319 e. The molecule has 2 amide bonds. The maximum atomic E-state index is 12.2. The van der Waals surface area contributed by atoms with Gasteiger partial charge in [-0.15, -0.1) is 0 Å². The molecule has 0 saturated heterocycles. The zero-order valence-electron chi connectivity index (χ0n) is 19.3. The fraction of sp³-hybridized carbons (Fsp3) is 0.167. The van der Waals surface area contributed by atoms with E-state index in [1.54, 1.807) is 0 Å². The molecule has 4 N–H and O–H groups in total. The topological polar surface area (TPSA) is 142 Å². The highest BCUT2D eigenvalue weighted by molar-refractivity contribution is 6.02. The zero-order chi connectivity index (χ0) is 24.4. The van der Waals surface area contributed by atoms with E-state index in [0.29, 0.717) is 23.0 Å². The van der Waals surface area contributed by atoms with Crippen LogP contribution in [0.2, 0.25) is 0 Å². The number of fused-ring (bicyclic) bond motifs is 1. The van der Waals surface area contributed by atoms with Crippen LogP contribution < -0.4 is 21.4 Å². The minimum atomic E-state index is -0.353. The highest BCUT2D eigenvalue weighted by Crippen LogP contribution is 2.28. The second-order valence-corrected chi connectivity index (χ2v) is 8.12. The van der Waals surface area contributed by atoms with Gasteiger partial charge in [0, 0.05) is 17.0 Å². The van der Waals surface area contributed by atoms with E-state index in [-0.39, 0.29) is 23.4 Å². The number of hydrazone groups is 1. The van der Waals surface area contributed by atoms with Crippen LogP contribution in [-0.4, -0.2) is 32.0 Å². The summed E-state index contributed by atoms with van der Waals surface area (Å²) < 4.78 is 4.78. The van der Waals surface area contributed by atoms with Crippen LogP contribution >= 0.6 is 0 Å². The highest BCUT2D eigenvalue weighted by atomic mass is 16.6. The number of aryl methyl sites for hydroxylation is 1. The Bertz CT molecular complexity index is 1460. The van der Waals surface area contributed by atoms with Crippen molar-refractivity contribution in [1.82, 2.24) is 30.9 Å². The first kappa shape index (κ1) is 22.0. The summed E-state index contributed by atoms with van der Waals surface area (Å²) in [4.78, 5) is 21.1. The number of nitrogens with one attached hydrogen (secondary N) is 4. The van der Waals surface area contributed by atoms with Gasteiger partial charge in [-0.3, -0.25) is 5.43 Å². The molecule has 11 heteroatoms. The van der Waals surface area contributed by atoms with E-state index in [4.69, 9.17) is 4.63 Å². The summed E-state index contributed by atoms with van der Waals surface area (Å²) in [5, 5.41) is 21.2. The van der Waals surface area contributed by atoms with Crippen molar-refractivity contribution >= 4 is 40.4 Å². The van der Waals surface area contributed by atoms with Gasteiger partial charge >= 0.3 is 6.03 Å². The van der Waals surface area contributed by atoms with E-state index in [1.807, 2.05) is 75.4 Å². The molecule has 0 fully saturated rings. The summed E-state index contributed by atoms with van der Waals surface area (Å²) in [5.74, 6) is 0.757. The van der Waals surface area contributed by atoms with Crippen molar-refractivity contribution in [1.29, 1.82) is 0 Å². The number of amides is 2. The van der Waals surface area contributed by atoms with E-state index in [1.165, 1.54) is 0 Å². The van der Waals surface area contributed by atoms with Crippen LogP contribution in [0.5, 0.6) is 0 Å². The molecule has 0 radical (unpaired) electrons. The number of hydrogen-bond acceptors (Lipinski definition) is 9. The van der Waals surface area contributed by atoms with E-state index in [2.05, 4.69) is 46.8 Å². The van der Waals surface area contributed by atoms with Crippen molar-refractivity contribution in [2.24, 2.45) is 5.10 Å². The lowest BCUT2D eigenvalue weighted by atomic mass is 9.93. The van der Waals surface area contributed by atoms with Crippen LogP contribution in [-0.2, 0) is 0 Å². The van der Waals surface area contributed by atoms with Crippen molar-refractivity contribution in [2.45, 2.75) is 26.8 Å². The van der Waals surface area contributed by atoms with Crippen molar-refractivity contribution in [3.63, 3.8) is 0 Å². The van der Waals surface area contributed by atoms with Gasteiger partial charge in [0.2, 0.25) is 11.3 Å². The smallest absolute Gasteiger partial charge is 0.319 e. The lowest BCUT2D eigenvalue weighted by molar-refractivity contribution is 0.239. The summed E-state index contributed by atoms with van der Waals surface area (Å²) in [5.41, 5.74) is 8.61. The molecule has 1 atom stereocenters. The summed E-state index contributed by atoms with van der Waals surface area (Å²) >= 11 is 0. The van der Waals surface area contributed by atoms with Gasteiger partial charge in [0.15, 0.2) is 11.6 Å². The minimum Gasteiger partial charge on any atom is -0.337 e. The number of aromatic nitrogens is 4. The Morgan fingerprint density at radius 2 is 1.74 bits per heavy atom. The SMILES string of the molecule is CC1=C(/C(C)=N\Nc2nc3nonc3nc2Nc2cccc(C)c2)C(c2ccccc2)NC(=O)N1. The summed E-state index contributed by atoms with van der Waals surface area (Å²) in [6, 6.07) is 17.0. The number of carbonyl (C=O) groups is 1. The van der Waals surface area contributed by atoms with Gasteiger partial charge in [-0.2, -0.15) is 10.1 Å². The molecule has 1 aliphatic rings. The summed E-state index contributed by atoms with van der Waals surface area (Å²) in [6.07, 6.45) is 0. The molecule has 35 heavy (non-hydrogen) atoms. The summed E-state index contributed by atoms with van der Waals surface area (Å²) in [6.45, 7) is 5.71. The van der Waals surface area contributed by atoms with Crippen LogP contribution in [0.3, 0.4) is 0 Å². The summed E-state index contributed by atoms with van der Waals surface area (Å²) in [7, 11) is 0. The molecular formula is C24H23N9O2. The third-order valence-corrected chi connectivity index (χ3v) is 5.52. The van der Waals surface area contributed by atoms with Gasteiger partial charge in [-0.05, 0) is 54.3 Å². The van der Waals surface area contributed by atoms with Crippen LogP contribution in [0.4, 0.5) is 22.1 Å². The normalized spacial score (nSPS) is 16.1. The average molecular weight is 470 g/mol. The fourth-order valence-corrected chi connectivity index (χ4v) is 3.93. The van der Waals surface area contributed by atoms with Gasteiger partial charge in [-0.1, -0.05) is 42.5 Å². The molecule has 4 aromatic rings. The predicted molar refractivity (Wildman–Crippen MR) is 132 cm³/mol. The Balaban J connectivity index is 1.49. The second-order valence-electron chi connectivity index (χ2n) is 8.12. The number of urea groups is 1. The van der Waals surface area contributed by atoms with Gasteiger partial charge < -0.3 is 16.0 Å². The van der Waals surface area contributed by atoms with Crippen molar-refractivity contribution in [2.75, 3.05) is 10.7 Å². The van der Waals surface area contributed by atoms with E-state index >= 15 is 0 Å².